The van der Waals surface area contributed by atoms with E-state index in [-0.39, 0.29) is 12.4 Å². The SMILES string of the molecule is [Cl-].c1ccc(COc2cccc(C[NH+]3CCN(c4ccccn4)CC3)c2)cc1. The lowest BCUT2D eigenvalue weighted by atomic mass is 10.2. The van der Waals surface area contributed by atoms with Gasteiger partial charge in [-0.05, 0) is 29.8 Å². The van der Waals surface area contributed by atoms with Crippen molar-refractivity contribution in [3.05, 3.63) is 90.1 Å². The van der Waals surface area contributed by atoms with Crippen molar-refractivity contribution in [2.24, 2.45) is 0 Å². The van der Waals surface area contributed by atoms with E-state index >= 15 is 0 Å². The molecule has 0 atom stereocenters. The van der Waals surface area contributed by atoms with Gasteiger partial charge >= 0.3 is 0 Å². The van der Waals surface area contributed by atoms with E-state index in [1.165, 1.54) is 11.1 Å². The van der Waals surface area contributed by atoms with Gasteiger partial charge in [0, 0.05) is 11.8 Å². The first-order valence-corrected chi connectivity index (χ1v) is 9.62. The highest BCUT2D eigenvalue weighted by molar-refractivity contribution is 5.37. The van der Waals surface area contributed by atoms with Crippen LogP contribution in [0.3, 0.4) is 0 Å². The van der Waals surface area contributed by atoms with Gasteiger partial charge in [-0.2, -0.15) is 0 Å². The minimum Gasteiger partial charge on any atom is -1.00 e. The zero-order chi connectivity index (χ0) is 18.3. The summed E-state index contributed by atoms with van der Waals surface area (Å²) >= 11 is 0. The Balaban J connectivity index is 0.00000225. The van der Waals surface area contributed by atoms with Crippen LogP contribution in [0.5, 0.6) is 5.75 Å². The second-order valence-corrected chi connectivity index (χ2v) is 7.02. The van der Waals surface area contributed by atoms with Crippen LogP contribution < -0.4 is 26.9 Å². The van der Waals surface area contributed by atoms with Gasteiger partial charge in [-0.25, -0.2) is 4.98 Å². The number of rotatable bonds is 6. The van der Waals surface area contributed by atoms with Crippen molar-refractivity contribution in [1.29, 1.82) is 0 Å². The summed E-state index contributed by atoms with van der Waals surface area (Å²) < 4.78 is 5.97. The monoisotopic (exact) mass is 395 g/mol. The number of quaternary nitrogens is 1. The molecule has 0 saturated carbocycles. The Morgan fingerprint density at radius 1 is 0.857 bits per heavy atom. The van der Waals surface area contributed by atoms with Gasteiger partial charge in [0.2, 0.25) is 0 Å². The van der Waals surface area contributed by atoms with Crippen LogP contribution in [-0.4, -0.2) is 31.2 Å². The summed E-state index contributed by atoms with van der Waals surface area (Å²) in [6, 6.07) is 24.9. The first kappa shape index (κ1) is 20.2. The molecule has 0 unspecified atom stereocenters. The molecule has 4 rings (SSSR count). The number of piperazine rings is 1. The Hall–Kier alpha value is -2.56. The van der Waals surface area contributed by atoms with E-state index in [1.807, 2.05) is 36.5 Å². The summed E-state index contributed by atoms with van der Waals surface area (Å²) in [6.07, 6.45) is 1.87. The Morgan fingerprint density at radius 2 is 1.61 bits per heavy atom. The van der Waals surface area contributed by atoms with Gasteiger partial charge in [0.25, 0.3) is 0 Å². The van der Waals surface area contributed by atoms with Gasteiger partial charge in [-0.15, -0.1) is 0 Å². The first-order valence-electron chi connectivity index (χ1n) is 9.62. The molecule has 0 spiro atoms. The van der Waals surface area contributed by atoms with Gasteiger partial charge in [0.05, 0.1) is 26.2 Å². The number of aromatic nitrogens is 1. The summed E-state index contributed by atoms with van der Waals surface area (Å²) in [7, 11) is 0. The number of hydrogen-bond donors (Lipinski definition) is 1. The van der Waals surface area contributed by atoms with Crippen LogP contribution in [0.15, 0.2) is 79.0 Å². The lowest BCUT2D eigenvalue weighted by molar-refractivity contribution is -0.914. The normalized spacial score (nSPS) is 14.4. The average Bonchev–Trinajstić information content (AvgIpc) is 2.75. The maximum Gasteiger partial charge on any atom is 0.128 e. The maximum atomic E-state index is 5.97. The summed E-state index contributed by atoms with van der Waals surface area (Å²) in [5.74, 6) is 2.04. The number of anilines is 1. The van der Waals surface area contributed by atoms with E-state index in [0.717, 1.165) is 44.3 Å². The van der Waals surface area contributed by atoms with Crippen molar-refractivity contribution < 1.29 is 22.0 Å². The van der Waals surface area contributed by atoms with Crippen LogP contribution in [0, 0.1) is 0 Å². The number of nitrogens with one attached hydrogen (secondary N) is 1. The highest BCUT2D eigenvalue weighted by Gasteiger charge is 2.20. The summed E-state index contributed by atoms with van der Waals surface area (Å²) in [6.45, 7) is 6.02. The molecule has 0 amide bonds. The fourth-order valence-electron chi connectivity index (χ4n) is 3.54. The quantitative estimate of drug-likeness (QED) is 0.614. The topological polar surface area (TPSA) is 29.8 Å². The molecule has 5 heteroatoms. The van der Waals surface area contributed by atoms with Crippen molar-refractivity contribution in [2.45, 2.75) is 13.2 Å². The lowest BCUT2D eigenvalue weighted by Crippen LogP contribution is -3.13. The van der Waals surface area contributed by atoms with Gasteiger partial charge < -0.3 is 26.9 Å². The van der Waals surface area contributed by atoms with Gasteiger partial charge in [-0.1, -0.05) is 48.5 Å². The molecule has 2 aromatic carbocycles. The fourth-order valence-corrected chi connectivity index (χ4v) is 3.54. The number of hydrogen-bond acceptors (Lipinski definition) is 3. The summed E-state index contributed by atoms with van der Waals surface area (Å²) in [5.41, 5.74) is 2.53. The minimum atomic E-state index is 0. The van der Waals surface area contributed by atoms with E-state index in [0.29, 0.717) is 6.61 Å². The number of halogens is 1. The predicted molar refractivity (Wildman–Crippen MR) is 108 cm³/mol. The molecular weight excluding hydrogens is 370 g/mol. The van der Waals surface area contributed by atoms with E-state index in [4.69, 9.17) is 4.74 Å². The summed E-state index contributed by atoms with van der Waals surface area (Å²) in [5, 5.41) is 0. The molecule has 1 aliphatic rings. The molecule has 1 N–H and O–H groups in total. The highest BCUT2D eigenvalue weighted by atomic mass is 35.5. The number of pyridine rings is 1. The van der Waals surface area contributed by atoms with Crippen LogP contribution in [0.25, 0.3) is 0 Å². The predicted octanol–water partition coefficient (Wildman–Crippen LogP) is -0.430. The molecule has 0 aliphatic carbocycles. The molecule has 4 nitrogen and oxygen atoms in total. The molecule has 0 bridgehead atoms. The Bertz CT molecular complexity index is 837. The van der Waals surface area contributed by atoms with Gasteiger partial charge in [0.1, 0.15) is 24.7 Å². The third kappa shape index (κ3) is 5.47. The molecule has 2 heterocycles. The van der Waals surface area contributed by atoms with Gasteiger partial charge in [-0.3, -0.25) is 0 Å². The number of ether oxygens (including phenoxy) is 1. The van der Waals surface area contributed by atoms with Crippen molar-refractivity contribution >= 4 is 5.82 Å². The largest absolute Gasteiger partial charge is 1.00 e. The second-order valence-electron chi connectivity index (χ2n) is 7.02. The smallest absolute Gasteiger partial charge is 0.128 e. The third-order valence-electron chi connectivity index (χ3n) is 5.04. The highest BCUT2D eigenvalue weighted by Crippen LogP contribution is 2.15. The van der Waals surface area contributed by atoms with Crippen molar-refractivity contribution in [2.75, 3.05) is 31.1 Å². The molecular formula is C23H26ClN3O. The van der Waals surface area contributed by atoms with E-state index < -0.39 is 0 Å². The molecule has 1 aromatic heterocycles. The third-order valence-corrected chi connectivity index (χ3v) is 5.04. The van der Waals surface area contributed by atoms with Crippen LogP contribution in [0.4, 0.5) is 5.82 Å². The van der Waals surface area contributed by atoms with Crippen molar-refractivity contribution in [1.82, 2.24) is 4.98 Å². The molecule has 3 aromatic rings. The molecule has 1 fully saturated rings. The molecule has 1 aliphatic heterocycles. The van der Waals surface area contributed by atoms with Crippen molar-refractivity contribution in [3.63, 3.8) is 0 Å². The fraction of sp³-hybridized carbons (Fsp3) is 0.261. The minimum absolute atomic E-state index is 0. The first-order chi connectivity index (χ1) is 13.4. The number of nitrogens with zero attached hydrogens (tertiary/aromatic N) is 2. The summed E-state index contributed by atoms with van der Waals surface area (Å²) in [4.78, 5) is 8.46. The molecule has 0 radical (unpaired) electrons. The van der Waals surface area contributed by atoms with E-state index in [9.17, 15) is 0 Å². The van der Waals surface area contributed by atoms with Crippen LogP contribution >= 0.6 is 0 Å². The van der Waals surface area contributed by atoms with Crippen LogP contribution in [0.2, 0.25) is 0 Å². The Labute approximate surface area is 173 Å². The molecule has 28 heavy (non-hydrogen) atoms. The number of benzene rings is 2. The van der Waals surface area contributed by atoms with E-state index in [1.54, 1.807) is 4.90 Å². The van der Waals surface area contributed by atoms with Crippen molar-refractivity contribution in [3.8, 4) is 5.75 Å². The standard InChI is InChI=1S/C23H25N3O.ClH/c1-2-7-20(8-3-1)19-27-22-10-6-9-21(17-22)18-25-13-15-26(16-14-25)23-11-4-5-12-24-23;/h1-12,17H,13-16,18-19H2;1H. The Morgan fingerprint density at radius 3 is 2.36 bits per heavy atom. The molecule has 1 saturated heterocycles. The Kier molecular flexibility index (Phi) is 7.29. The zero-order valence-electron chi connectivity index (χ0n) is 15.9. The van der Waals surface area contributed by atoms with Crippen LogP contribution in [0.1, 0.15) is 11.1 Å². The van der Waals surface area contributed by atoms with Crippen LogP contribution in [-0.2, 0) is 13.2 Å². The van der Waals surface area contributed by atoms with E-state index in [2.05, 4.69) is 52.3 Å². The molecule has 146 valence electrons. The zero-order valence-corrected chi connectivity index (χ0v) is 16.7. The second kappa shape index (κ2) is 10.1. The average molecular weight is 396 g/mol. The maximum absolute atomic E-state index is 5.97. The van der Waals surface area contributed by atoms with Gasteiger partial charge in [0.15, 0.2) is 0 Å². The lowest BCUT2D eigenvalue weighted by Gasteiger charge is -2.33.